The molecule has 0 aromatic heterocycles. The zero-order valence-electron chi connectivity index (χ0n) is 11.5. The highest BCUT2D eigenvalue weighted by Crippen LogP contribution is 2.40. The van der Waals surface area contributed by atoms with Crippen LogP contribution < -0.4 is 0 Å². The molecular weight excluding hydrogens is 212 g/mol. The molecule has 2 unspecified atom stereocenters. The fraction of sp³-hybridized carbons (Fsp3) is 1.00. The van der Waals surface area contributed by atoms with E-state index >= 15 is 0 Å². The molecule has 0 aromatic carbocycles. The summed E-state index contributed by atoms with van der Waals surface area (Å²) in [5.74, 6) is 0.546. The van der Waals surface area contributed by atoms with Gasteiger partial charge in [0.2, 0.25) is 0 Å². The standard InChI is InChI=1S/C15H28O2/c1-15(2)9-7-12(8-10-15)14(16)6-5-13-4-3-11-17-13/h12-14,16H,3-11H2,1-2H3. The van der Waals surface area contributed by atoms with Crippen molar-refractivity contribution in [3.8, 4) is 0 Å². The third-order valence-corrected chi connectivity index (χ3v) is 4.74. The molecule has 2 aliphatic rings. The first-order valence-electron chi connectivity index (χ1n) is 7.36. The molecule has 2 atom stereocenters. The Balaban J connectivity index is 1.67. The molecule has 2 rings (SSSR count). The van der Waals surface area contributed by atoms with Gasteiger partial charge < -0.3 is 9.84 Å². The summed E-state index contributed by atoms with van der Waals surface area (Å²) in [6.45, 7) is 5.63. The lowest BCUT2D eigenvalue weighted by molar-refractivity contribution is 0.0325. The molecule has 0 spiro atoms. The van der Waals surface area contributed by atoms with Crippen LogP contribution in [0.25, 0.3) is 0 Å². The molecule has 1 heterocycles. The summed E-state index contributed by atoms with van der Waals surface area (Å²) in [4.78, 5) is 0. The highest BCUT2D eigenvalue weighted by Gasteiger charge is 2.30. The minimum Gasteiger partial charge on any atom is -0.393 e. The average molecular weight is 240 g/mol. The molecule has 1 N–H and O–H groups in total. The molecule has 0 aromatic rings. The first kappa shape index (κ1) is 13.4. The van der Waals surface area contributed by atoms with Crippen LogP contribution in [0.2, 0.25) is 0 Å². The van der Waals surface area contributed by atoms with Crippen molar-refractivity contribution in [2.24, 2.45) is 11.3 Å². The molecule has 1 saturated heterocycles. The molecule has 0 amide bonds. The molecule has 2 nitrogen and oxygen atoms in total. The van der Waals surface area contributed by atoms with Gasteiger partial charge in [-0.3, -0.25) is 0 Å². The van der Waals surface area contributed by atoms with Gasteiger partial charge >= 0.3 is 0 Å². The summed E-state index contributed by atoms with van der Waals surface area (Å²) < 4.78 is 5.61. The minimum atomic E-state index is -0.0877. The van der Waals surface area contributed by atoms with Crippen LogP contribution in [-0.2, 0) is 4.74 Å². The summed E-state index contributed by atoms with van der Waals surface area (Å²) in [7, 11) is 0. The Morgan fingerprint density at radius 1 is 1.24 bits per heavy atom. The third kappa shape index (κ3) is 3.96. The van der Waals surface area contributed by atoms with Crippen LogP contribution in [0.5, 0.6) is 0 Å². The predicted octanol–water partition coefficient (Wildman–Crippen LogP) is 3.52. The van der Waals surface area contributed by atoms with Gasteiger partial charge in [0.05, 0.1) is 12.2 Å². The Morgan fingerprint density at radius 2 is 1.94 bits per heavy atom. The van der Waals surface area contributed by atoms with E-state index < -0.39 is 0 Å². The lowest BCUT2D eigenvalue weighted by Crippen LogP contribution is -2.29. The van der Waals surface area contributed by atoms with Crippen LogP contribution in [0.1, 0.15) is 65.2 Å². The van der Waals surface area contributed by atoms with Crippen molar-refractivity contribution in [3.63, 3.8) is 0 Å². The first-order chi connectivity index (χ1) is 8.07. The lowest BCUT2D eigenvalue weighted by atomic mass is 9.71. The largest absolute Gasteiger partial charge is 0.393 e. The highest BCUT2D eigenvalue weighted by atomic mass is 16.5. The maximum absolute atomic E-state index is 10.2. The summed E-state index contributed by atoms with van der Waals surface area (Å²) >= 11 is 0. The molecular formula is C15H28O2. The van der Waals surface area contributed by atoms with E-state index in [2.05, 4.69) is 13.8 Å². The molecule has 1 saturated carbocycles. The van der Waals surface area contributed by atoms with Gasteiger partial charge in [0.15, 0.2) is 0 Å². The molecule has 0 bridgehead atoms. The van der Waals surface area contributed by atoms with Crippen LogP contribution in [-0.4, -0.2) is 23.9 Å². The zero-order chi connectivity index (χ0) is 12.3. The SMILES string of the molecule is CC1(C)CCC(C(O)CCC2CCCO2)CC1. The van der Waals surface area contributed by atoms with Gasteiger partial charge in [-0.15, -0.1) is 0 Å². The second-order valence-corrected chi connectivity index (χ2v) is 6.78. The van der Waals surface area contributed by atoms with E-state index in [-0.39, 0.29) is 6.10 Å². The molecule has 2 fully saturated rings. The topological polar surface area (TPSA) is 29.5 Å². The van der Waals surface area contributed by atoms with Crippen molar-refractivity contribution in [1.29, 1.82) is 0 Å². The fourth-order valence-electron chi connectivity index (χ4n) is 3.27. The van der Waals surface area contributed by atoms with E-state index in [4.69, 9.17) is 4.74 Å². The predicted molar refractivity (Wildman–Crippen MR) is 70.0 cm³/mol. The molecule has 17 heavy (non-hydrogen) atoms. The van der Waals surface area contributed by atoms with E-state index in [1.165, 1.54) is 38.5 Å². The monoisotopic (exact) mass is 240 g/mol. The maximum atomic E-state index is 10.2. The molecule has 100 valence electrons. The number of aliphatic hydroxyl groups is 1. The number of ether oxygens (including phenoxy) is 1. The lowest BCUT2D eigenvalue weighted by Gasteiger charge is -2.36. The molecule has 2 heteroatoms. The second kappa shape index (κ2) is 5.71. The van der Waals surface area contributed by atoms with E-state index in [0.29, 0.717) is 17.4 Å². The van der Waals surface area contributed by atoms with Crippen LogP contribution in [0.3, 0.4) is 0 Å². The van der Waals surface area contributed by atoms with Gasteiger partial charge in [0.25, 0.3) is 0 Å². The summed E-state index contributed by atoms with van der Waals surface area (Å²) in [5.41, 5.74) is 0.505. The fourth-order valence-corrected chi connectivity index (χ4v) is 3.27. The number of hydrogen-bond acceptors (Lipinski definition) is 2. The minimum absolute atomic E-state index is 0.0877. The van der Waals surface area contributed by atoms with E-state index in [1.54, 1.807) is 0 Å². The second-order valence-electron chi connectivity index (χ2n) is 6.78. The third-order valence-electron chi connectivity index (χ3n) is 4.74. The summed E-state index contributed by atoms with van der Waals surface area (Å²) in [5, 5.41) is 10.2. The van der Waals surface area contributed by atoms with E-state index in [1.807, 2.05) is 0 Å². The van der Waals surface area contributed by atoms with Gasteiger partial charge in [-0.05, 0) is 62.7 Å². The van der Waals surface area contributed by atoms with Gasteiger partial charge in [-0.1, -0.05) is 13.8 Å². The number of aliphatic hydroxyl groups excluding tert-OH is 1. The van der Waals surface area contributed by atoms with Crippen molar-refractivity contribution in [2.75, 3.05) is 6.61 Å². The van der Waals surface area contributed by atoms with Crippen LogP contribution in [0, 0.1) is 11.3 Å². The van der Waals surface area contributed by atoms with Gasteiger partial charge in [-0.2, -0.15) is 0 Å². The zero-order valence-corrected chi connectivity index (χ0v) is 11.5. The van der Waals surface area contributed by atoms with Gasteiger partial charge in [0, 0.05) is 6.61 Å². The number of rotatable bonds is 4. The Kier molecular flexibility index (Phi) is 4.48. The van der Waals surface area contributed by atoms with E-state index in [0.717, 1.165) is 19.4 Å². The summed E-state index contributed by atoms with van der Waals surface area (Å²) in [6.07, 6.45) is 9.71. The highest BCUT2D eigenvalue weighted by molar-refractivity contribution is 4.82. The average Bonchev–Trinajstić information content (AvgIpc) is 2.78. The van der Waals surface area contributed by atoms with Crippen LogP contribution >= 0.6 is 0 Å². The van der Waals surface area contributed by atoms with E-state index in [9.17, 15) is 5.11 Å². The quantitative estimate of drug-likeness (QED) is 0.814. The van der Waals surface area contributed by atoms with Crippen molar-refractivity contribution < 1.29 is 9.84 Å². The van der Waals surface area contributed by atoms with Crippen molar-refractivity contribution >= 4 is 0 Å². The normalized spacial score (nSPS) is 31.6. The maximum Gasteiger partial charge on any atom is 0.0577 e. The Bertz CT molecular complexity index is 221. The smallest absolute Gasteiger partial charge is 0.0577 e. The van der Waals surface area contributed by atoms with Gasteiger partial charge in [0.1, 0.15) is 0 Å². The van der Waals surface area contributed by atoms with Crippen LogP contribution in [0.4, 0.5) is 0 Å². The van der Waals surface area contributed by atoms with Crippen molar-refractivity contribution in [1.82, 2.24) is 0 Å². The van der Waals surface area contributed by atoms with Crippen LogP contribution in [0.15, 0.2) is 0 Å². The number of hydrogen-bond donors (Lipinski definition) is 1. The Labute approximate surface area is 106 Å². The molecule has 0 radical (unpaired) electrons. The molecule has 1 aliphatic carbocycles. The first-order valence-corrected chi connectivity index (χ1v) is 7.36. The van der Waals surface area contributed by atoms with Gasteiger partial charge in [-0.25, -0.2) is 0 Å². The Hall–Kier alpha value is -0.0800. The molecule has 1 aliphatic heterocycles. The van der Waals surface area contributed by atoms with Crippen molar-refractivity contribution in [2.45, 2.75) is 77.4 Å². The Morgan fingerprint density at radius 3 is 2.53 bits per heavy atom. The summed E-state index contributed by atoms with van der Waals surface area (Å²) in [6, 6.07) is 0. The van der Waals surface area contributed by atoms with Crippen molar-refractivity contribution in [3.05, 3.63) is 0 Å².